The lowest BCUT2D eigenvalue weighted by molar-refractivity contribution is 0.414. The first-order valence-electron chi connectivity index (χ1n) is 5.82. The molecule has 0 radical (unpaired) electrons. The fourth-order valence-corrected chi connectivity index (χ4v) is 3.28. The molecule has 0 aliphatic rings. The summed E-state index contributed by atoms with van der Waals surface area (Å²) in [5.41, 5.74) is 2.05. The third-order valence-electron chi connectivity index (χ3n) is 2.85. The Morgan fingerprint density at radius 3 is 2.74 bits per heavy atom. The Hall–Kier alpha value is -0.810. The summed E-state index contributed by atoms with van der Waals surface area (Å²) in [6.45, 7) is 0. The summed E-state index contributed by atoms with van der Waals surface area (Å²) in [5, 5.41) is -0.181. The van der Waals surface area contributed by atoms with E-state index in [-0.39, 0.29) is 11.2 Å². The molecule has 0 N–H and O–H groups in total. The standard InChI is InChI=1S/C15H13ClFIO/c1-19-12-4-2-3-10(7-12)8-14(16)13-6-5-11(17)9-15(13)18/h2-7,9,14H,8H2,1H3. The second-order valence-corrected chi connectivity index (χ2v) is 5.88. The zero-order valence-electron chi connectivity index (χ0n) is 10.4. The van der Waals surface area contributed by atoms with Crippen molar-refractivity contribution < 1.29 is 9.13 Å². The maximum Gasteiger partial charge on any atom is 0.124 e. The van der Waals surface area contributed by atoms with Gasteiger partial charge in [-0.15, -0.1) is 11.6 Å². The van der Waals surface area contributed by atoms with Crippen LogP contribution in [0.25, 0.3) is 0 Å². The fourth-order valence-electron chi connectivity index (χ4n) is 1.87. The summed E-state index contributed by atoms with van der Waals surface area (Å²) in [4.78, 5) is 0. The lowest BCUT2D eigenvalue weighted by atomic mass is 10.0. The summed E-state index contributed by atoms with van der Waals surface area (Å²) >= 11 is 8.53. The Morgan fingerprint density at radius 1 is 1.26 bits per heavy atom. The molecule has 100 valence electrons. The van der Waals surface area contributed by atoms with Crippen molar-refractivity contribution in [1.29, 1.82) is 0 Å². The fraction of sp³-hybridized carbons (Fsp3) is 0.200. The molecule has 0 fully saturated rings. The van der Waals surface area contributed by atoms with E-state index in [9.17, 15) is 4.39 Å². The average molecular weight is 391 g/mol. The van der Waals surface area contributed by atoms with Crippen molar-refractivity contribution in [3.05, 3.63) is 63.0 Å². The van der Waals surface area contributed by atoms with Crippen LogP contribution in [0.15, 0.2) is 42.5 Å². The summed E-state index contributed by atoms with van der Waals surface area (Å²) in [5.74, 6) is 0.577. The number of methoxy groups -OCH3 is 1. The SMILES string of the molecule is COc1cccc(CC(Cl)c2ccc(F)cc2I)c1. The number of rotatable bonds is 4. The molecule has 0 saturated carbocycles. The molecule has 1 atom stereocenters. The molecule has 0 spiro atoms. The topological polar surface area (TPSA) is 9.23 Å². The van der Waals surface area contributed by atoms with E-state index in [1.807, 2.05) is 24.3 Å². The highest BCUT2D eigenvalue weighted by Gasteiger charge is 2.13. The monoisotopic (exact) mass is 390 g/mol. The summed E-state index contributed by atoms with van der Waals surface area (Å²) in [6, 6.07) is 12.5. The van der Waals surface area contributed by atoms with Crippen molar-refractivity contribution in [1.82, 2.24) is 0 Å². The van der Waals surface area contributed by atoms with Crippen molar-refractivity contribution in [2.45, 2.75) is 11.8 Å². The Labute approximate surface area is 130 Å². The van der Waals surface area contributed by atoms with Crippen LogP contribution < -0.4 is 4.74 Å². The molecule has 19 heavy (non-hydrogen) atoms. The number of hydrogen-bond donors (Lipinski definition) is 0. The van der Waals surface area contributed by atoms with Gasteiger partial charge in [-0.05, 0) is 64.4 Å². The van der Waals surface area contributed by atoms with Crippen LogP contribution in [0.2, 0.25) is 0 Å². The Kier molecular flexibility index (Phi) is 5.05. The van der Waals surface area contributed by atoms with Gasteiger partial charge < -0.3 is 4.74 Å². The Morgan fingerprint density at radius 2 is 2.05 bits per heavy atom. The van der Waals surface area contributed by atoms with Gasteiger partial charge in [-0.2, -0.15) is 0 Å². The summed E-state index contributed by atoms with van der Waals surface area (Å²) in [7, 11) is 1.64. The maximum absolute atomic E-state index is 13.1. The number of halogens is 3. The van der Waals surface area contributed by atoms with E-state index in [0.717, 1.165) is 20.4 Å². The summed E-state index contributed by atoms with van der Waals surface area (Å²) < 4.78 is 19.1. The highest BCUT2D eigenvalue weighted by Crippen LogP contribution is 2.30. The number of alkyl halides is 1. The predicted molar refractivity (Wildman–Crippen MR) is 84.4 cm³/mol. The average Bonchev–Trinajstić information content (AvgIpc) is 2.38. The van der Waals surface area contributed by atoms with Gasteiger partial charge in [-0.25, -0.2) is 4.39 Å². The van der Waals surface area contributed by atoms with Crippen molar-refractivity contribution in [3.63, 3.8) is 0 Å². The first-order valence-corrected chi connectivity index (χ1v) is 7.33. The normalized spacial score (nSPS) is 12.2. The van der Waals surface area contributed by atoms with Gasteiger partial charge in [0.2, 0.25) is 0 Å². The van der Waals surface area contributed by atoms with Crippen LogP contribution in [-0.4, -0.2) is 7.11 Å². The third-order valence-corrected chi connectivity index (χ3v) is 4.17. The molecule has 4 heteroatoms. The molecule has 1 nitrogen and oxygen atoms in total. The summed E-state index contributed by atoms with van der Waals surface area (Å²) in [6.07, 6.45) is 0.681. The van der Waals surface area contributed by atoms with Crippen molar-refractivity contribution in [3.8, 4) is 5.75 Å². The van der Waals surface area contributed by atoms with Gasteiger partial charge in [-0.1, -0.05) is 18.2 Å². The second kappa shape index (κ2) is 6.57. The molecule has 0 aliphatic carbocycles. The van der Waals surface area contributed by atoms with Crippen LogP contribution >= 0.6 is 34.2 Å². The van der Waals surface area contributed by atoms with Crippen molar-refractivity contribution in [2.24, 2.45) is 0 Å². The molecule has 2 aromatic carbocycles. The van der Waals surface area contributed by atoms with Gasteiger partial charge in [0.15, 0.2) is 0 Å². The van der Waals surface area contributed by atoms with E-state index in [1.165, 1.54) is 12.1 Å². The van der Waals surface area contributed by atoms with E-state index < -0.39 is 0 Å². The van der Waals surface area contributed by atoms with Gasteiger partial charge in [0.05, 0.1) is 12.5 Å². The van der Waals surface area contributed by atoms with Gasteiger partial charge >= 0.3 is 0 Å². The Balaban J connectivity index is 2.17. The van der Waals surface area contributed by atoms with Crippen molar-refractivity contribution in [2.75, 3.05) is 7.11 Å². The molecule has 2 rings (SSSR count). The van der Waals surface area contributed by atoms with Crippen LogP contribution in [0.3, 0.4) is 0 Å². The van der Waals surface area contributed by atoms with E-state index in [4.69, 9.17) is 16.3 Å². The first-order chi connectivity index (χ1) is 9.10. The predicted octanol–water partition coefficient (Wildman–Crippen LogP) is 4.96. The molecular formula is C15H13ClFIO. The van der Waals surface area contributed by atoms with Crippen molar-refractivity contribution >= 4 is 34.2 Å². The molecule has 1 unspecified atom stereocenters. The van der Waals surface area contributed by atoms with Crippen LogP contribution in [-0.2, 0) is 6.42 Å². The molecule has 0 saturated heterocycles. The molecule has 0 aliphatic heterocycles. The van der Waals surface area contributed by atoms with E-state index in [0.29, 0.717) is 6.42 Å². The molecule has 2 aromatic rings. The van der Waals surface area contributed by atoms with Crippen LogP contribution in [0.1, 0.15) is 16.5 Å². The number of ether oxygens (including phenoxy) is 1. The maximum atomic E-state index is 13.1. The lowest BCUT2D eigenvalue weighted by Crippen LogP contribution is -1.99. The quantitative estimate of drug-likeness (QED) is 0.529. The van der Waals surface area contributed by atoms with Gasteiger partial charge in [0, 0.05) is 3.57 Å². The smallest absolute Gasteiger partial charge is 0.124 e. The minimum atomic E-state index is -0.238. The highest BCUT2D eigenvalue weighted by molar-refractivity contribution is 14.1. The molecule has 0 amide bonds. The lowest BCUT2D eigenvalue weighted by Gasteiger charge is -2.12. The zero-order valence-corrected chi connectivity index (χ0v) is 13.3. The minimum Gasteiger partial charge on any atom is -0.497 e. The molecule has 0 aromatic heterocycles. The van der Waals surface area contributed by atoms with Gasteiger partial charge in [-0.3, -0.25) is 0 Å². The largest absolute Gasteiger partial charge is 0.497 e. The second-order valence-electron chi connectivity index (χ2n) is 4.19. The van der Waals surface area contributed by atoms with Crippen LogP contribution in [0.4, 0.5) is 4.39 Å². The molecule has 0 bridgehead atoms. The number of hydrogen-bond acceptors (Lipinski definition) is 1. The van der Waals surface area contributed by atoms with Gasteiger partial charge in [0.25, 0.3) is 0 Å². The first kappa shape index (κ1) is 14.6. The van der Waals surface area contributed by atoms with Gasteiger partial charge in [0.1, 0.15) is 11.6 Å². The highest BCUT2D eigenvalue weighted by atomic mass is 127. The number of benzene rings is 2. The van der Waals surface area contributed by atoms with Crippen LogP contribution in [0, 0.1) is 9.39 Å². The van der Waals surface area contributed by atoms with E-state index >= 15 is 0 Å². The van der Waals surface area contributed by atoms with Crippen LogP contribution in [0.5, 0.6) is 5.75 Å². The Bertz CT molecular complexity index is 574. The van der Waals surface area contributed by atoms with E-state index in [1.54, 1.807) is 13.2 Å². The molecular weight excluding hydrogens is 378 g/mol. The zero-order chi connectivity index (χ0) is 13.8. The molecule has 0 heterocycles. The minimum absolute atomic E-state index is 0.181. The van der Waals surface area contributed by atoms with E-state index in [2.05, 4.69) is 22.6 Å². The third kappa shape index (κ3) is 3.83.